The molecule has 0 aliphatic carbocycles. The predicted molar refractivity (Wildman–Crippen MR) is 72.3 cm³/mol. The molecule has 0 fully saturated rings. The number of ketones is 1. The average molecular weight is 276 g/mol. The number of nitrogens with zero attached hydrogens (tertiary/aromatic N) is 3. The van der Waals surface area contributed by atoms with Gasteiger partial charge < -0.3 is 4.57 Å². The van der Waals surface area contributed by atoms with Crippen molar-refractivity contribution in [2.45, 2.75) is 6.04 Å². The van der Waals surface area contributed by atoms with E-state index in [0.29, 0.717) is 5.02 Å². The molecule has 0 radical (unpaired) electrons. The molecule has 1 amide bonds. The molecule has 1 atom stereocenters. The molecule has 0 N–H and O–H groups in total. The summed E-state index contributed by atoms with van der Waals surface area (Å²) >= 11 is 6.14. The molecule has 0 saturated heterocycles. The maximum atomic E-state index is 12.1. The number of carbonyl (C=O) groups excluding carboxylic acids is 2. The molecule has 1 aromatic heterocycles. The number of rotatable bonds is 1. The summed E-state index contributed by atoms with van der Waals surface area (Å²) in [7, 11) is 1.52. The number of para-hydroxylation sites is 1. The van der Waals surface area contributed by atoms with Crippen LogP contribution in [0.5, 0.6) is 0 Å². The van der Waals surface area contributed by atoms with Gasteiger partial charge in [-0.1, -0.05) is 29.8 Å². The highest BCUT2D eigenvalue weighted by Gasteiger charge is 2.34. The Morgan fingerprint density at radius 2 is 2.00 bits per heavy atom. The zero-order valence-corrected chi connectivity index (χ0v) is 10.8. The van der Waals surface area contributed by atoms with E-state index in [1.165, 1.54) is 7.05 Å². The number of benzene rings is 1. The number of hydrazone groups is 1. The van der Waals surface area contributed by atoms with E-state index in [-0.39, 0.29) is 11.7 Å². The number of likely N-dealkylation sites (N-methyl/N-ethyl adjacent to an activating group) is 1. The number of amides is 1. The van der Waals surface area contributed by atoms with Gasteiger partial charge >= 0.3 is 0 Å². The van der Waals surface area contributed by atoms with E-state index >= 15 is 0 Å². The summed E-state index contributed by atoms with van der Waals surface area (Å²) in [5.74, 6) is -0.717. The van der Waals surface area contributed by atoms with E-state index in [9.17, 15) is 9.59 Å². The summed E-state index contributed by atoms with van der Waals surface area (Å²) in [6.45, 7) is 0. The molecule has 96 valence electrons. The molecule has 1 aromatic carbocycles. The molecule has 3 rings (SSSR count). The highest BCUT2D eigenvalue weighted by Crippen LogP contribution is 2.29. The molecule has 0 saturated carbocycles. The summed E-state index contributed by atoms with van der Waals surface area (Å²) in [6, 6.07) is 6.44. The van der Waals surface area contributed by atoms with E-state index in [4.69, 9.17) is 11.6 Å². The van der Waals surface area contributed by atoms with Crippen molar-refractivity contribution in [1.29, 1.82) is 0 Å². The van der Waals surface area contributed by atoms with Crippen LogP contribution in [0.4, 0.5) is 0 Å². The summed E-state index contributed by atoms with van der Waals surface area (Å²) in [5.41, 5.74) is 0.753. The molecule has 0 bridgehead atoms. The Labute approximate surface area is 114 Å². The summed E-state index contributed by atoms with van der Waals surface area (Å²) in [5, 5.41) is 6.21. The highest BCUT2D eigenvalue weighted by atomic mass is 35.5. The second-order valence-corrected chi connectivity index (χ2v) is 4.72. The lowest BCUT2D eigenvalue weighted by Gasteiger charge is -2.23. The molecular formula is C13H10ClN3O2. The molecule has 0 spiro atoms. The van der Waals surface area contributed by atoms with E-state index < -0.39 is 6.04 Å². The predicted octanol–water partition coefficient (Wildman–Crippen LogP) is 1.86. The second kappa shape index (κ2) is 4.20. The first kappa shape index (κ1) is 11.9. The van der Waals surface area contributed by atoms with Crippen molar-refractivity contribution in [3.63, 3.8) is 0 Å². The third-order valence-corrected chi connectivity index (χ3v) is 3.45. The van der Waals surface area contributed by atoms with Gasteiger partial charge in [0.25, 0.3) is 5.91 Å². The Balaban J connectivity index is 2.22. The van der Waals surface area contributed by atoms with Crippen molar-refractivity contribution in [1.82, 2.24) is 9.58 Å². The Hall–Kier alpha value is -2.14. The Morgan fingerprint density at radius 1 is 1.26 bits per heavy atom. The number of aromatic nitrogens is 1. The van der Waals surface area contributed by atoms with Gasteiger partial charge in [-0.2, -0.15) is 5.10 Å². The lowest BCUT2D eigenvalue weighted by atomic mass is 10.1. The number of hydrogen-bond donors (Lipinski definition) is 0. The third-order valence-electron chi connectivity index (χ3n) is 3.15. The van der Waals surface area contributed by atoms with Crippen LogP contribution in [0, 0.1) is 0 Å². The van der Waals surface area contributed by atoms with Crippen LogP contribution in [0.1, 0.15) is 6.04 Å². The monoisotopic (exact) mass is 275 g/mol. The van der Waals surface area contributed by atoms with E-state index in [0.717, 1.165) is 22.1 Å². The van der Waals surface area contributed by atoms with Crippen LogP contribution in [-0.4, -0.2) is 34.5 Å². The summed E-state index contributed by atoms with van der Waals surface area (Å²) in [6.07, 6.45) is 2.77. The first-order valence-corrected chi connectivity index (χ1v) is 6.08. The maximum Gasteiger partial charge on any atom is 0.273 e. The molecule has 19 heavy (non-hydrogen) atoms. The largest absolute Gasteiger partial charge is 0.326 e. The quantitative estimate of drug-likeness (QED) is 0.746. The zero-order valence-electron chi connectivity index (χ0n) is 10.1. The van der Waals surface area contributed by atoms with Gasteiger partial charge in [-0.25, -0.2) is 5.01 Å². The van der Waals surface area contributed by atoms with Crippen LogP contribution in [-0.2, 0) is 9.59 Å². The molecule has 1 aliphatic rings. The number of carbonyl (C=O) groups is 2. The van der Waals surface area contributed by atoms with Crippen molar-refractivity contribution in [2.75, 3.05) is 7.05 Å². The van der Waals surface area contributed by atoms with Crippen LogP contribution < -0.4 is 0 Å². The fourth-order valence-corrected chi connectivity index (χ4v) is 2.47. The van der Waals surface area contributed by atoms with Gasteiger partial charge in [0.15, 0.2) is 6.04 Å². The minimum atomic E-state index is -0.931. The lowest BCUT2D eigenvalue weighted by Crippen LogP contribution is -2.40. The van der Waals surface area contributed by atoms with Crippen molar-refractivity contribution in [3.8, 4) is 0 Å². The van der Waals surface area contributed by atoms with Crippen LogP contribution in [0.2, 0.25) is 5.02 Å². The molecule has 5 nitrogen and oxygen atoms in total. The molecule has 1 unspecified atom stereocenters. The zero-order chi connectivity index (χ0) is 13.6. The first-order valence-electron chi connectivity index (χ1n) is 5.70. The average Bonchev–Trinajstić information content (AvgIpc) is 2.73. The molecule has 1 aliphatic heterocycles. The van der Waals surface area contributed by atoms with Gasteiger partial charge in [-0.15, -0.1) is 0 Å². The van der Waals surface area contributed by atoms with Gasteiger partial charge in [0.1, 0.15) is 0 Å². The topological polar surface area (TPSA) is 54.7 Å². The van der Waals surface area contributed by atoms with Gasteiger partial charge in [0, 0.05) is 18.6 Å². The van der Waals surface area contributed by atoms with Crippen molar-refractivity contribution in [3.05, 3.63) is 35.5 Å². The van der Waals surface area contributed by atoms with Crippen LogP contribution in [0.25, 0.3) is 10.9 Å². The number of halogens is 1. The molecule has 2 heterocycles. The lowest BCUT2D eigenvalue weighted by molar-refractivity contribution is -0.138. The standard InChI is InChI=1S/C13H10ClN3O2/c1-16-13(19)12(11(18)6-15-16)17-7-9(14)8-4-2-3-5-10(8)17/h2-7,12H,1H3. The van der Waals surface area contributed by atoms with Gasteiger partial charge in [0.2, 0.25) is 5.78 Å². The third kappa shape index (κ3) is 1.74. The Morgan fingerprint density at radius 3 is 2.79 bits per heavy atom. The Bertz CT molecular complexity index is 720. The fourth-order valence-electron chi connectivity index (χ4n) is 2.20. The fraction of sp³-hybridized carbons (Fsp3) is 0.154. The van der Waals surface area contributed by atoms with E-state index in [1.807, 2.05) is 24.3 Å². The minimum absolute atomic E-state index is 0.347. The number of fused-ring (bicyclic) bond motifs is 1. The van der Waals surface area contributed by atoms with E-state index in [2.05, 4.69) is 5.10 Å². The first-order chi connectivity index (χ1) is 9.09. The van der Waals surface area contributed by atoms with Gasteiger partial charge in [-0.3, -0.25) is 9.59 Å². The second-order valence-electron chi connectivity index (χ2n) is 4.31. The van der Waals surface area contributed by atoms with Crippen LogP contribution in [0.3, 0.4) is 0 Å². The SMILES string of the molecule is CN1N=CC(=O)C(n2cc(Cl)c3ccccc32)C1=O. The van der Waals surface area contributed by atoms with Gasteiger partial charge in [-0.05, 0) is 6.07 Å². The summed E-state index contributed by atoms with van der Waals surface area (Å²) < 4.78 is 1.60. The minimum Gasteiger partial charge on any atom is -0.326 e. The Kier molecular flexibility index (Phi) is 2.64. The van der Waals surface area contributed by atoms with Crippen molar-refractivity contribution < 1.29 is 9.59 Å². The molecule has 2 aromatic rings. The summed E-state index contributed by atoms with van der Waals surface area (Å²) in [4.78, 5) is 24.1. The maximum absolute atomic E-state index is 12.1. The number of Topliss-reactive ketones (excluding diaryl/α,β-unsaturated/α-hetero) is 1. The van der Waals surface area contributed by atoms with E-state index in [1.54, 1.807) is 10.8 Å². The van der Waals surface area contributed by atoms with Crippen molar-refractivity contribution >= 4 is 40.4 Å². The molecule has 6 heteroatoms. The van der Waals surface area contributed by atoms with Gasteiger partial charge in [0.05, 0.1) is 16.8 Å². The van der Waals surface area contributed by atoms with Crippen LogP contribution >= 0.6 is 11.6 Å². The number of hydrogen-bond acceptors (Lipinski definition) is 3. The van der Waals surface area contributed by atoms with Crippen LogP contribution in [0.15, 0.2) is 35.6 Å². The molecular weight excluding hydrogens is 266 g/mol. The van der Waals surface area contributed by atoms with Crippen molar-refractivity contribution in [2.24, 2.45) is 5.10 Å². The highest BCUT2D eigenvalue weighted by molar-refractivity contribution is 6.37. The smallest absolute Gasteiger partial charge is 0.273 e. The normalized spacial score (nSPS) is 19.5.